The van der Waals surface area contributed by atoms with E-state index in [9.17, 15) is 9.59 Å². The number of ether oxygens (including phenoxy) is 1. The molecule has 0 saturated heterocycles. The number of nitrogens with one attached hydrogen (secondary N) is 2. The minimum absolute atomic E-state index is 0.418. The molecule has 2 N–H and O–H groups in total. The molecule has 140 valence electrons. The third-order valence-electron chi connectivity index (χ3n) is 3.97. The summed E-state index contributed by atoms with van der Waals surface area (Å²) in [5.41, 5.74) is 1.02. The number of allylic oxidation sites excluding steroid dienone is 5. The van der Waals surface area contributed by atoms with Crippen LogP contribution in [0.5, 0.6) is 0 Å². The smallest absolute Gasteiger partial charge is 0.326 e. The van der Waals surface area contributed by atoms with Crippen LogP contribution in [0.1, 0.15) is 31.8 Å². The molecule has 4 rings (SSSR count). The summed E-state index contributed by atoms with van der Waals surface area (Å²) in [7, 11) is 1.61. The van der Waals surface area contributed by atoms with E-state index in [1.165, 1.54) is 11.3 Å². The second kappa shape index (κ2) is 7.71. The van der Waals surface area contributed by atoms with E-state index in [1.807, 2.05) is 45.1 Å². The number of hydrogen-bond donors (Lipinski definition) is 2. The number of nitrogens with zero attached hydrogens (tertiary/aromatic N) is 2. The van der Waals surface area contributed by atoms with Crippen LogP contribution in [0.2, 0.25) is 0 Å². The van der Waals surface area contributed by atoms with Crippen molar-refractivity contribution in [3.05, 3.63) is 62.4 Å². The van der Waals surface area contributed by atoms with E-state index in [1.54, 1.807) is 7.11 Å². The van der Waals surface area contributed by atoms with Gasteiger partial charge in [0.2, 0.25) is 0 Å². The molecular weight excluding hydrogens is 364 g/mol. The minimum Gasteiger partial charge on any atom is -0.496 e. The molecule has 0 bridgehead atoms. The molecule has 0 atom stereocenters. The molecule has 0 amide bonds. The van der Waals surface area contributed by atoms with Crippen LogP contribution in [-0.2, 0) is 4.74 Å². The van der Waals surface area contributed by atoms with Crippen LogP contribution < -0.4 is 11.2 Å². The number of rotatable bonds is 2. The van der Waals surface area contributed by atoms with Crippen molar-refractivity contribution in [2.45, 2.75) is 27.2 Å². The number of aromatic nitrogens is 4. The first-order valence-electron chi connectivity index (χ1n) is 8.63. The Labute approximate surface area is 159 Å². The van der Waals surface area contributed by atoms with E-state index >= 15 is 0 Å². The van der Waals surface area contributed by atoms with Crippen molar-refractivity contribution in [2.75, 3.05) is 7.11 Å². The number of aromatic amines is 2. The zero-order valence-electron chi connectivity index (χ0n) is 15.5. The van der Waals surface area contributed by atoms with E-state index in [4.69, 9.17) is 4.74 Å². The maximum absolute atomic E-state index is 12.0. The Balaban J connectivity index is 0.00000102. The number of hydrogen-bond acceptors (Lipinski definition) is 6. The van der Waals surface area contributed by atoms with Crippen molar-refractivity contribution in [3.63, 3.8) is 0 Å². The van der Waals surface area contributed by atoms with E-state index in [2.05, 4.69) is 19.9 Å². The average molecular weight is 384 g/mol. The molecule has 0 aromatic carbocycles. The van der Waals surface area contributed by atoms with E-state index in [0.29, 0.717) is 37.7 Å². The Morgan fingerprint density at radius 2 is 1.96 bits per heavy atom. The number of aryl methyl sites for hydroxylation is 1. The fraction of sp³-hybridized carbons (Fsp3) is 0.263. The Morgan fingerprint density at radius 1 is 1.19 bits per heavy atom. The zero-order chi connectivity index (χ0) is 19.6. The van der Waals surface area contributed by atoms with Gasteiger partial charge in [-0.25, -0.2) is 14.8 Å². The van der Waals surface area contributed by atoms with Crippen LogP contribution in [0.25, 0.3) is 26.0 Å². The van der Waals surface area contributed by atoms with Crippen LogP contribution in [0.15, 0.2) is 39.7 Å². The first-order chi connectivity index (χ1) is 13.1. The lowest BCUT2D eigenvalue weighted by atomic mass is 10.1. The van der Waals surface area contributed by atoms with Crippen LogP contribution in [0.4, 0.5) is 0 Å². The molecule has 7 nitrogen and oxygen atoms in total. The highest BCUT2D eigenvalue weighted by Crippen LogP contribution is 2.32. The third-order valence-corrected chi connectivity index (χ3v) is 5.05. The van der Waals surface area contributed by atoms with Gasteiger partial charge in [-0.3, -0.25) is 9.78 Å². The Bertz CT molecular complexity index is 1210. The molecule has 27 heavy (non-hydrogen) atoms. The van der Waals surface area contributed by atoms with Gasteiger partial charge in [0.25, 0.3) is 5.56 Å². The Kier molecular flexibility index (Phi) is 5.36. The summed E-state index contributed by atoms with van der Waals surface area (Å²) in [4.78, 5) is 38.4. The lowest BCUT2D eigenvalue weighted by molar-refractivity contribution is 0.310. The Hall–Kier alpha value is -3.00. The number of H-pyrrole nitrogens is 2. The largest absolute Gasteiger partial charge is 0.496 e. The summed E-state index contributed by atoms with van der Waals surface area (Å²) >= 11 is 1.24. The molecule has 3 aromatic heterocycles. The molecule has 0 aliphatic heterocycles. The second-order valence-corrected chi connectivity index (χ2v) is 6.54. The molecule has 8 heteroatoms. The van der Waals surface area contributed by atoms with Crippen molar-refractivity contribution in [1.82, 2.24) is 19.9 Å². The fourth-order valence-corrected chi connectivity index (χ4v) is 3.94. The maximum atomic E-state index is 12.0. The van der Waals surface area contributed by atoms with Crippen LogP contribution in [0.3, 0.4) is 0 Å². The molecule has 1 aliphatic rings. The predicted molar refractivity (Wildman–Crippen MR) is 109 cm³/mol. The van der Waals surface area contributed by atoms with Gasteiger partial charge in [-0.1, -0.05) is 32.1 Å². The second-order valence-electron chi connectivity index (χ2n) is 5.54. The van der Waals surface area contributed by atoms with Crippen molar-refractivity contribution >= 4 is 37.3 Å². The van der Waals surface area contributed by atoms with Crippen molar-refractivity contribution in [2.24, 2.45) is 0 Å². The number of thiophene rings is 1. The van der Waals surface area contributed by atoms with Gasteiger partial charge in [-0.05, 0) is 19.4 Å². The fourth-order valence-electron chi connectivity index (χ4n) is 2.86. The third kappa shape index (κ3) is 3.35. The Morgan fingerprint density at radius 3 is 2.70 bits per heavy atom. The summed E-state index contributed by atoms with van der Waals surface area (Å²) in [6, 6.07) is 0. The molecular formula is C19H20N4O3S. The van der Waals surface area contributed by atoms with Crippen LogP contribution >= 0.6 is 11.3 Å². The SMILES string of the molecule is CC.COC1=CC=CCC=C1c1nc(C)c2c(n1)sc1c(=O)[nH]c(=O)[nH]c12. The van der Waals surface area contributed by atoms with Gasteiger partial charge in [0.05, 0.1) is 29.3 Å². The molecule has 1 aliphatic carbocycles. The molecule has 0 unspecified atom stereocenters. The first kappa shape index (κ1) is 18.8. The van der Waals surface area contributed by atoms with Crippen LogP contribution in [0, 0.1) is 6.92 Å². The summed E-state index contributed by atoms with van der Waals surface area (Å²) in [6.07, 6.45) is 8.56. The monoisotopic (exact) mass is 384 g/mol. The van der Waals surface area contributed by atoms with Gasteiger partial charge in [0, 0.05) is 0 Å². The van der Waals surface area contributed by atoms with Gasteiger partial charge >= 0.3 is 5.69 Å². The highest BCUT2D eigenvalue weighted by atomic mass is 32.1. The molecule has 0 radical (unpaired) electrons. The maximum Gasteiger partial charge on any atom is 0.326 e. The topological polar surface area (TPSA) is 101 Å². The van der Waals surface area contributed by atoms with E-state index in [0.717, 1.165) is 12.0 Å². The quantitative estimate of drug-likeness (QED) is 0.705. The summed E-state index contributed by atoms with van der Waals surface area (Å²) < 4.78 is 5.88. The summed E-state index contributed by atoms with van der Waals surface area (Å²) in [6.45, 7) is 5.84. The highest BCUT2D eigenvalue weighted by Gasteiger charge is 2.18. The summed E-state index contributed by atoms with van der Waals surface area (Å²) in [5, 5.41) is 0.697. The van der Waals surface area contributed by atoms with Crippen molar-refractivity contribution < 1.29 is 4.74 Å². The normalized spacial score (nSPS) is 13.6. The van der Waals surface area contributed by atoms with E-state index < -0.39 is 11.2 Å². The number of fused-ring (bicyclic) bond motifs is 3. The highest BCUT2D eigenvalue weighted by molar-refractivity contribution is 7.25. The van der Waals surface area contributed by atoms with Crippen LogP contribution in [-0.4, -0.2) is 27.0 Å². The predicted octanol–water partition coefficient (Wildman–Crippen LogP) is 3.43. The van der Waals surface area contributed by atoms with Gasteiger partial charge in [0.15, 0.2) is 5.82 Å². The molecule has 3 aromatic rings. The number of methoxy groups -OCH3 is 1. The lowest BCUT2D eigenvalue weighted by Gasteiger charge is -2.10. The minimum atomic E-state index is -0.539. The van der Waals surface area contributed by atoms with Gasteiger partial charge < -0.3 is 9.72 Å². The molecule has 0 spiro atoms. The summed E-state index contributed by atoms with van der Waals surface area (Å²) in [5.74, 6) is 1.21. The van der Waals surface area contributed by atoms with Gasteiger partial charge in [-0.2, -0.15) is 0 Å². The molecule has 0 fully saturated rings. The van der Waals surface area contributed by atoms with Gasteiger partial charge in [-0.15, -0.1) is 11.3 Å². The van der Waals surface area contributed by atoms with Crippen molar-refractivity contribution in [1.29, 1.82) is 0 Å². The van der Waals surface area contributed by atoms with E-state index in [-0.39, 0.29) is 0 Å². The molecule has 3 heterocycles. The standard InChI is InChI=1S/C17H14N4O3S.C2H6/c1-8-11-12-13(15(22)21-17(23)19-12)25-16(11)20-14(18-8)9-6-4-3-5-7-10(9)24-2;1-2/h3,5-7H,4H2,1-2H3,(H2,19,21,22,23);1-2H3. The van der Waals surface area contributed by atoms with Gasteiger partial charge in [0.1, 0.15) is 15.3 Å². The average Bonchev–Trinajstić information content (AvgIpc) is 2.87. The van der Waals surface area contributed by atoms with Crippen molar-refractivity contribution in [3.8, 4) is 0 Å². The molecule has 0 saturated carbocycles. The first-order valence-corrected chi connectivity index (χ1v) is 9.45. The zero-order valence-corrected chi connectivity index (χ0v) is 16.4. The lowest BCUT2D eigenvalue weighted by Crippen LogP contribution is -2.20.